The number of ketones is 5. The zero-order valence-corrected chi connectivity index (χ0v) is 42.7. The maximum Gasteiger partial charge on any atom is 0.317 e. The lowest BCUT2D eigenvalue weighted by Gasteiger charge is -2.33. The molecule has 4 atom stereocenters. The fourth-order valence-electron chi connectivity index (χ4n) is 6.30. The lowest BCUT2D eigenvalue weighted by atomic mass is 9.96. The Morgan fingerprint density at radius 1 is 0.788 bits per heavy atom. The van der Waals surface area contributed by atoms with Gasteiger partial charge in [0.1, 0.15) is 29.0 Å². The number of nitrogens with zero attached hydrogens (tertiary/aromatic N) is 6. The molecule has 3 aliphatic heterocycles. The van der Waals surface area contributed by atoms with E-state index in [1.807, 2.05) is 68.4 Å². The van der Waals surface area contributed by atoms with Crippen LogP contribution < -0.4 is 10.6 Å². The molecule has 3 amide bonds. The van der Waals surface area contributed by atoms with E-state index < -0.39 is 29.8 Å². The maximum atomic E-state index is 11.9. The topological polar surface area (TPSA) is 233 Å². The molecule has 3 N–H and O–H groups in total. The summed E-state index contributed by atoms with van der Waals surface area (Å²) in [6.07, 6.45) is 3.19. The van der Waals surface area contributed by atoms with Crippen LogP contribution in [0.4, 0.5) is 0 Å². The number of rotatable bonds is 16. The molecule has 0 aliphatic carbocycles. The predicted molar refractivity (Wildman–Crippen MR) is 269 cm³/mol. The van der Waals surface area contributed by atoms with E-state index in [4.69, 9.17) is 0 Å². The first-order valence-corrected chi connectivity index (χ1v) is 23.7. The number of hydrogen-bond acceptors (Lipinski definition) is 15. The Morgan fingerprint density at radius 3 is 1.68 bits per heavy atom. The van der Waals surface area contributed by atoms with Crippen molar-refractivity contribution >= 4 is 86.0 Å². The van der Waals surface area contributed by atoms with E-state index in [0.717, 1.165) is 27.2 Å². The van der Waals surface area contributed by atoms with E-state index in [1.54, 1.807) is 65.3 Å². The van der Waals surface area contributed by atoms with Crippen LogP contribution in [0, 0.1) is 23.7 Å². The number of amides is 3. The Bertz CT molecular complexity index is 1990. The molecular formula is C47H75N9O8S2. The number of allylic oxidation sites excluding steroid dienone is 1. The first kappa shape index (κ1) is 61.0. The molecule has 3 aliphatic rings. The van der Waals surface area contributed by atoms with E-state index in [9.17, 15) is 38.4 Å². The van der Waals surface area contributed by atoms with Gasteiger partial charge in [0.15, 0.2) is 28.9 Å². The Balaban J connectivity index is 0.000000857. The average molecular weight is 958 g/mol. The van der Waals surface area contributed by atoms with Crippen LogP contribution in [0.15, 0.2) is 45.4 Å². The van der Waals surface area contributed by atoms with Gasteiger partial charge in [0.2, 0.25) is 0 Å². The van der Waals surface area contributed by atoms with Gasteiger partial charge in [-0.25, -0.2) is 4.98 Å². The van der Waals surface area contributed by atoms with Gasteiger partial charge in [0.25, 0.3) is 5.91 Å². The smallest absolute Gasteiger partial charge is 0.317 e. The highest BCUT2D eigenvalue weighted by Crippen LogP contribution is 2.25. The third-order valence-corrected chi connectivity index (χ3v) is 12.1. The minimum Gasteiger partial charge on any atom is -0.362 e. The van der Waals surface area contributed by atoms with Crippen molar-refractivity contribution in [3.05, 3.63) is 41.8 Å². The van der Waals surface area contributed by atoms with Crippen molar-refractivity contribution in [1.29, 1.82) is 0 Å². The zero-order valence-electron chi connectivity index (χ0n) is 41.1. The van der Waals surface area contributed by atoms with Gasteiger partial charge in [0, 0.05) is 74.9 Å². The summed E-state index contributed by atoms with van der Waals surface area (Å²) in [5.74, 6) is 0.255. The maximum absolute atomic E-state index is 11.9. The van der Waals surface area contributed by atoms with Gasteiger partial charge in [-0.15, -0.1) is 23.5 Å². The largest absolute Gasteiger partial charge is 0.362 e. The number of aliphatic imine (C=N–C) groups is 3. The van der Waals surface area contributed by atoms with Crippen LogP contribution >= 0.6 is 23.5 Å². The number of Topliss-reactive ketones (excluding diaryl/α,β-unsaturated/α-hetero) is 5. The summed E-state index contributed by atoms with van der Waals surface area (Å²) in [7, 11) is 3.25. The van der Waals surface area contributed by atoms with Crippen molar-refractivity contribution < 1.29 is 38.4 Å². The molecule has 1 aromatic rings. The second-order valence-corrected chi connectivity index (χ2v) is 19.3. The highest BCUT2D eigenvalue weighted by atomic mass is 32.2. The van der Waals surface area contributed by atoms with Crippen molar-refractivity contribution in [1.82, 2.24) is 30.4 Å². The van der Waals surface area contributed by atoms with E-state index in [-0.39, 0.29) is 83.5 Å². The fraction of sp³-hybridized carbons (Fsp3) is 0.617. The van der Waals surface area contributed by atoms with Crippen molar-refractivity contribution in [3.8, 4) is 0 Å². The first-order valence-electron chi connectivity index (χ1n) is 21.7. The fourth-order valence-corrected chi connectivity index (χ4v) is 7.99. The minimum atomic E-state index is -0.615. The minimum absolute atomic E-state index is 0. The van der Waals surface area contributed by atoms with Gasteiger partial charge < -0.3 is 20.5 Å². The number of aromatic nitrogens is 2. The molecule has 1 fully saturated rings. The third-order valence-electron chi connectivity index (χ3n) is 10.1. The lowest BCUT2D eigenvalue weighted by Crippen LogP contribution is -2.55. The van der Waals surface area contributed by atoms with Crippen LogP contribution in [0.2, 0.25) is 0 Å². The molecule has 17 nitrogen and oxygen atoms in total. The molecule has 368 valence electrons. The summed E-state index contributed by atoms with van der Waals surface area (Å²) in [5.41, 5.74) is 1.68. The molecule has 0 spiro atoms. The van der Waals surface area contributed by atoms with Crippen LogP contribution in [0.25, 0.3) is 0 Å². The van der Waals surface area contributed by atoms with Crippen LogP contribution in [0.5, 0.6) is 0 Å². The number of thioether (sulfide) groups is 2. The molecule has 66 heavy (non-hydrogen) atoms. The number of H-pyrrole nitrogens is 1. The van der Waals surface area contributed by atoms with Crippen molar-refractivity contribution in [3.63, 3.8) is 0 Å². The zero-order chi connectivity index (χ0) is 50.0. The molecule has 0 bridgehead atoms. The summed E-state index contributed by atoms with van der Waals surface area (Å²) in [5, 5.41) is 7.57. The highest BCUT2D eigenvalue weighted by molar-refractivity contribution is 8.14. The second kappa shape index (κ2) is 28.9. The molecular weight excluding hydrogens is 883 g/mol. The number of hydrogen-bond donors (Lipinski definition) is 3. The summed E-state index contributed by atoms with van der Waals surface area (Å²) in [6, 6.07) is -0.949. The molecule has 1 saturated heterocycles. The van der Waals surface area contributed by atoms with Crippen LogP contribution in [0.3, 0.4) is 0 Å². The standard InChI is InChI=1S/C13H21N3O3.C12H17N3O3.C11H17NOS.C10H16N2OS.CH4/c1-8(2)11(17)9(3)14-10(4)16-7-6-15(5)12(18)13(16)19;1-6(2)11(17)7(3)15-12(18)10-9(8(4)16)13-5-14-10;1-5-9(11(13)7(2)3)10-6-14-8(4)12-10;1-6(2)10(13)9(11-4)8-5-14-7(3)12-8;/h8-9,14H,4,6-7H2,1-3,5H3;5-7H,1-4H3,(H,13,14)(H,15,18);5,7,10H,6H2,1-4H3;6,8H,5H2,1-4H3;1H4/b;;9-5-;;. The number of piperazine rings is 1. The second-order valence-electron chi connectivity index (χ2n) is 16.8. The SMILES string of the molecule is C.C/C=C(\C(=O)C(C)C)C1CSC(C)=N1.C=C(NC(C)C(=O)C(C)C)N1CCN(C)C(=O)C1=O.CC(=O)c1nc[nH]c1C(=O)NC(C)C(=O)C(C)C.CN=C(C(=O)C(C)C)C1CSC(C)=N1. The van der Waals surface area contributed by atoms with Crippen molar-refractivity contribution in [2.45, 2.75) is 129 Å². The monoisotopic (exact) mass is 958 g/mol. The first-order chi connectivity index (χ1) is 30.2. The number of carbonyl (C=O) groups excluding carboxylic acids is 8. The predicted octanol–water partition coefficient (Wildman–Crippen LogP) is 6.06. The number of imidazole rings is 1. The number of carbonyl (C=O) groups is 8. The number of aromatic amines is 1. The van der Waals surface area contributed by atoms with Crippen molar-refractivity contribution in [2.75, 3.05) is 38.7 Å². The van der Waals surface area contributed by atoms with E-state index in [2.05, 4.69) is 42.2 Å². The van der Waals surface area contributed by atoms with Gasteiger partial charge >= 0.3 is 11.8 Å². The molecule has 4 unspecified atom stereocenters. The molecule has 4 heterocycles. The molecule has 0 saturated carbocycles. The van der Waals surface area contributed by atoms with E-state index in [0.29, 0.717) is 24.6 Å². The Labute approximate surface area is 400 Å². The third kappa shape index (κ3) is 18.3. The quantitative estimate of drug-likeness (QED) is 0.0743. The molecule has 0 aromatic carbocycles. The summed E-state index contributed by atoms with van der Waals surface area (Å²) in [4.78, 5) is 115. The van der Waals surface area contributed by atoms with Gasteiger partial charge in [-0.2, -0.15) is 0 Å². The molecule has 19 heteroatoms. The van der Waals surface area contributed by atoms with E-state index >= 15 is 0 Å². The Morgan fingerprint density at radius 2 is 1.27 bits per heavy atom. The van der Waals surface area contributed by atoms with Crippen LogP contribution in [-0.4, -0.2) is 145 Å². The number of likely N-dealkylation sites (N-methyl/N-ethyl adjacent to an activating group) is 1. The normalized spacial score (nSPS) is 18.1. The molecule has 1 aromatic heterocycles. The van der Waals surface area contributed by atoms with Gasteiger partial charge in [0.05, 0.1) is 34.5 Å². The van der Waals surface area contributed by atoms with Crippen LogP contribution in [0.1, 0.15) is 125 Å². The molecule has 0 radical (unpaired) electrons. The Hall–Kier alpha value is -5.04. The highest BCUT2D eigenvalue weighted by Gasteiger charge is 2.33. The summed E-state index contributed by atoms with van der Waals surface area (Å²) in [6.45, 7) is 30.0. The average Bonchev–Trinajstić information content (AvgIpc) is 4.02. The van der Waals surface area contributed by atoms with Crippen molar-refractivity contribution in [2.24, 2.45) is 38.6 Å². The summed E-state index contributed by atoms with van der Waals surface area (Å²) < 4.78 is 0. The molecule has 4 rings (SSSR count). The van der Waals surface area contributed by atoms with Gasteiger partial charge in [-0.1, -0.05) is 75.5 Å². The lowest BCUT2D eigenvalue weighted by molar-refractivity contribution is -0.153. The van der Waals surface area contributed by atoms with Gasteiger partial charge in [-0.3, -0.25) is 58.2 Å². The van der Waals surface area contributed by atoms with E-state index in [1.165, 1.54) is 23.1 Å². The van der Waals surface area contributed by atoms with Crippen LogP contribution in [-0.2, 0) is 28.8 Å². The summed E-state index contributed by atoms with van der Waals surface area (Å²) >= 11 is 3.43. The number of nitrogens with one attached hydrogen (secondary N) is 3. The Kier molecular flexibility index (Phi) is 26.7. The van der Waals surface area contributed by atoms with Gasteiger partial charge in [-0.05, 0) is 34.6 Å².